The van der Waals surface area contributed by atoms with Gasteiger partial charge >= 0.3 is 5.97 Å². The molecule has 100 valence electrons. The van der Waals surface area contributed by atoms with Crippen molar-refractivity contribution in [2.45, 2.75) is 18.8 Å². The number of carbonyl (C=O) groups is 1. The Hall–Kier alpha value is -1.40. The molecule has 1 aliphatic rings. The average Bonchev–Trinajstić information content (AvgIpc) is 2.81. The molecule has 0 saturated carbocycles. The summed E-state index contributed by atoms with van der Waals surface area (Å²) < 4.78 is 2.67. The van der Waals surface area contributed by atoms with Crippen molar-refractivity contribution in [2.24, 2.45) is 0 Å². The van der Waals surface area contributed by atoms with Crippen LogP contribution in [0, 0.1) is 0 Å². The van der Waals surface area contributed by atoms with E-state index in [0.717, 1.165) is 36.2 Å². The van der Waals surface area contributed by atoms with Crippen molar-refractivity contribution in [2.75, 3.05) is 13.1 Å². The maximum Gasteiger partial charge on any atom is 0.356 e. The molecule has 5 nitrogen and oxygen atoms in total. The van der Waals surface area contributed by atoms with E-state index in [4.69, 9.17) is 0 Å². The van der Waals surface area contributed by atoms with Crippen LogP contribution in [0.5, 0.6) is 0 Å². The third kappa shape index (κ3) is 2.15. The van der Waals surface area contributed by atoms with E-state index in [1.807, 2.05) is 22.7 Å². The number of carboxylic acids is 1. The molecule has 0 radical (unpaired) electrons. The quantitative estimate of drug-likeness (QED) is 0.889. The van der Waals surface area contributed by atoms with Gasteiger partial charge in [-0.3, -0.25) is 0 Å². The maximum atomic E-state index is 11.4. The zero-order valence-electron chi connectivity index (χ0n) is 10.3. The molecule has 3 heterocycles. The highest BCUT2D eigenvalue weighted by Gasteiger charge is 2.25. The molecule has 1 aliphatic heterocycles. The molecule has 0 atom stereocenters. The molecular weight excluding hydrogens is 310 g/mol. The van der Waals surface area contributed by atoms with Crippen molar-refractivity contribution in [3.8, 4) is 0 Å². The zero-order valence-corrected chi connectivity index (χ0v) is 11.9. The van der Waals surface area contributed by atoms with Gasteiger partial charge in [0.2, 0.25) is 0 Å². The van der Waals surface area contributed by atoms with E-state index in [9.17, 15) is 9.90 Å². The lowest BCUT2D eigenvalue weighted by Gasteiger charge is -2.21. The van der Waals surface area contributed by atoms with Gasteiger partial charge in [-0.25, -0.2) is 9.78 Å². The number of aromatic carboxylic acids is 1. The minimum atomic E-state index is -0.982. The Kier molecular flexibility index (Phi) is 3.28. The smallest absolute Gasteiger partial charge is 0.356 e. The molecule has 6 heteroatoms. The van der Waals surface area contributed by atoms with E-state index in [1.54, 1.807) is 0 Å². The highest BCUT2D eigenvalue weighted by molar-refractivity contribution is 9.10. The van der Waals surface area contributed by atoms with Gasteiger partial charge in [0.1, 0.15) is 5.82 Å². The van der Waals surface area contributed by atoms with Crippen LogP contribution in [-0.4, -0.2) is 33.6 Å². The number of carboxylic acid groups (broad SMARTS) is 1. The van der Waals surface area contributed by atoms with E-state index >= 15 is 0 Å². The largest absolute Gasteiger partial charge is 0.476 e. The first kappa shape index (κ1) is 12.6. The van der Waals surface area contributed by atoms with Gasteiger partial charge in [0, 0.05) is 16.6 Å². The first-order valence-electron chi connectivity index (χ1n) is 6.29. The topological polar surface area (TPSA) is 66.6 Å². The second-order valence-corrected chi connectivity index (χ2v) is 5.58. The fourth-order valence-electron chi connectivity index (χ4n) is 2.64. The number of nitrogens with one attached hydrogen (secondary N) is 1. The second kappa shape index (κ2) is 4.94. The predicted octanol–water partition coefficient (Wildman–Crippen LogP) is 2.26. The van der Waals surface area contributed by atoms with E-state index in [2.05, 4.69) is 26.2 Å². The summed E-state index contributed by atoms with van der Waals surface area (Å²) in [4.78, 5) is 15.7. The van der Waals surface area contributed by atoms with Crippen LogP contribution in [0.15, 0.2) is 22.8 Å². The van der Waals surface area contributed by atoms with Crippen LogP contribution in [0.2, 0.25) is 0 Å². The maximum absolute atomic E-state index is 11.4. The summed E-state index contributed by atoms with van der Waals surface area (Å²) in [6.07, 6.45) is 3.87. The normalized spacial score (nSPS) is 16.9. The number of imidazole rings is 1. The highest BCUT2D eigenvalue weighted by atomic mass is 79.9. The monoisotopic (exact) mass is 323 g/mol. The van der Waals surface area contributed by atoms with Crippen LogP contribution in [0.4, 0.5) is 0 Å². The van der Waals surface area contributed by atoms with Crippen molar-refractivity contribution < 1.29 is 9.90 Å². The molecule has 2 aromatic heterocycles. The Bertz CT molecular complexity index is 632. The summed E-state index contributed by atoms with van der Waals surface area (Å²) in [5, 5.41) is 12.6. The summed E-state index contributed by atoms with van der Waals surface area (Å²) in [7, 11) is 0. The first-order chi connectivity index (χ1) is 9.18. The second-order valence-electron chi connectivity index (χ2n) is 4.72. The number of fused-ring (bicyclic) bond motifs is 1. The van der Waals surface area contributed by atoms with Crippen LogP contribution in [0.25, 0.3) is 5.52 Å². The Morgan fingerprint density at radius 2 is 2.21 bits per heavy atom. The van der Waals surface area contributed by atoms with Gasteiger partial charge in [-0.1, -0.05) is 0 Å². The molecule has 0 spiro atoms. The Balaban J connectivity index is 2.19. The molecule has 0 unspecified atom stereocenters. The van der Waals surface area contributed by atoms with Crippen molar-refractivity contribution in [1.29, 1.82) is 0 Å². The number of pyridine rings is 1. The van der Waals surface area contributed by atoms with Crippen molar-refractivity contribution in [1.82, 2.24) is 14.7 Å². The van der Waals surface area contributed by atoms with E-state index in [1.165, 1.54) is 0 Å². The van der Waals surface area contributed by atoms with Crippen LogP contribution in [0.3, 0.4) is 0 Å². The summed E-state index contributed by atoms with van der Waals surface area (Å²) in [6.45, 7) is 1.91. The minimum absolute atomic E-state index is 0.126. The van der Waals surface area contributed by atoms with Gasteiger partial charge in [0.25, 0.3) is 0 Å². The standard InChI is InChI=1S/C13H14BrN3O2/c14-9-2-1-7-17-11(9)10(13(18)19)16-12(17)8-3-5-15-6-4-8/h1-2,7-8,15H,3-6H2,(H,18,19). The third-order valence-corrected chi connectivity index (χ3v) is 4.19. The van der Waals surface area contributed by atoms with Crippen molar-refractivity contribution in [3.63, 3.8) is 0 Å². The van der Waals surface area contributed by atoms with Gasteiger partial charge in [-0.05, 0) is 54.0 Å². The van der Waals surface area contributed by atoms with E-state index < -0.39 is 5.97 Å². The average molecular weight is 324 g/mol. The molecule has 3 rings (SSSR count). The van der Waals surface area contributed by atoms with Crippen LogP contribution < -0.4 is 5.32 Å². The third-order valence-electron chi connectivity index (χ3n) is 3.55. The van der Waals surface area contributed by atoms with Gasteiger partial charge in [-0.15, -0.1) is 0 Å². The fraction of sp³-hybridized carbons (Fsp3) is 0.385. The molecule has 2 N–H and O–H groups in total. The summed E-state index contributed by atoms with van der Waals surface area (Å²) >= 11 is 3.42. The molecule has 0 aliphatic carbocycles. The molecule has 2 aromatic rings. The highest BCUT2D eigenvalue weighted by Crippen LogP contribution is 2.30. The van der Waals surface area contributed by atoms with Gasteiger partial charge < -0.3 is 14.8 Å². The lowest BCUT2D eigenvalue weighted by molar-refractivity contribution is 0.0693. The predicted molar refractivity (Wildman–Crippen MR) is 74.7 cm³/mol. The Labute approximate surface area is 118 Å². The van der Waals surface area contributed by atoms with Gasteiger partial charge in [-0.2, -0.15) is 0 Å². The molecule has 0 aromatic carbocycles. The molecule has 1 fully saturated rings. The van der Waals surface area contributed by atoms with Crippen LogP contribution in [0.1, 0.15) is 35.1 Å². The SMILES string of the molecule is O=C(O)c1nc(C2CCNCC2)n2cccc(Br)c12. The number of nitrogens with zero attached hydrogens (tertiary/aromatic N) is 2. The Morgan fingerprint density at radius 3 is 2.89 bits per heavy atom. The molecule has 19 heavy (non-hydrogen) atoms. The first-order valence-corrected chi connectivity index (χ1v) is 7.08. The van der Waals surface area contributed by atoms with Gasteiger partial charge in [0.05, 0.1) is 5.52 Å². The summed E-state index contributed by atoms with van der Waals surface area (Å²) in [5.74, 6) is 0.191. The minimum Gasteiger partial charge on any atom is -0.476 e. The summed E-state index contributed by atoms with van der Waals surface area (Å²) in [6, 6.07) is 3.74. The molecule has 0 amide bonds. The Morgan fingerprint density at radius 1 is 1.47 bits per heavy atom. The number of halogens is 1. The van der Waals surface area contributed by atoms with Crippen molar-refractivity contribution in [3.05, 3.63) is 34.3 Å². The van der Waals surface area contributed by atoms with Gasteiger partial charge in [0.15, 0.2) is 5.69 Å². The number of aromatic nitrogens is 2. The molecule has 1 saturated heterocycles. The van der Waals surface area contributed by atoms with Crippen LogP contribution >= 0.6 is 15.9 Å². The van der Waals surface area contributed by atoms with E-state index in [-0.39, 0.29) is 5.69 Å². The lowest BCUT2D eigenvalue weighted by atomic mass is 9.97. The molecular formula is C13H14BrN3O2. The van der Waals surface area contributed by atoms with Crippen molar-refractivity contribution >= 4 is 27.4 Å². The lowest BCUT2D eigenvalue weighted by Crippen LogP contribution is -2.27. The summed E-state index contributed by atoms with van der Waals surface area (Å²) in [5.41, 5.74) is 0.768. The number of hydrogen-bond donors (Lipinski definition) is 2. The zero-order chi connectivity index (χ0) is 13.4. The fourth-order valence-corrected chi connectivity index (χ4v) is 3.17. The number of piperidine rings is 1. The van der Waals surface area contributed by atoms with E-state index in [0.29, 0.717) is 11.4 Å². The number of rotatable bonds is 2. The molecule has 0 bridgehead atoms. The van der Waals surface area contributed by atoms with Crippen LogP contribution in [-0.2, 0) is 0 Å². The number of hydrogen-bond acceptors (Lipinski definition) is 3.